The maximum absolute atomic E-state index is 12.8. The topological polar surface area (TPSA) is 119 Å². The Bertz CT molecular complexity index is 1060. The van der Waals surface area contributed by atoms with Gasteiger partial charge in [-0.05, 0) is 18.2 Å². The maximum Gasteiger partial charge on any atom is 0.271 e. The number of carbonyl (C=O) groups is 2. The third-order valence-corrected chi connectivity index (χ3v) is 4.16. The van der Waals surface area contributed by atoms with E-state index >= 15 is 0 Å². The molecule has 2 heterocycles. The van der Waals surface area contributed by atoms with E-state index in [4.69, 9.17) is 0 Å². The molecule has 2 aromatic carbocycles. The predicted molar refractivity (Wildman–Crippen MR) is 93.7 cm³/mol. The van der Waals surface area contributed by atoms with Crippen molar-refractivity contribution < 1.29 is 14.5 Å². The van der Waals surface area contributed by atoms with E-state index in [9.17, 15) is 19.7 Å². The quantitative estimate of drug-likeness (QED) is 0.555. The Hall–Kier alpha value is -3.75. The lowest BCUT2D eigenvalue weighted by Crippen LogP contribution is -2.35. The van der Waals surface area contributed by atoms with Crippen LogP contribution in [0.4, 0.5) is 17.3 Å². The van der Waals surface area contributed by atoms with Gasteiger partial charge in [-0.25, -0.2) is 4.98 Å². The lowest BCUT2D eigenvalue weighted by molar-refractivity contribution is -0.384. The van der Waals surface area contributed by atoms with E-state index in [0.29, 0.717) is 17.2 Å². The summed E-state index contributed by atoms with van der Waals surface area (Å²) in [5, 5.41) is 16.2. The molecular weight excluding hydrogens is 338 g/mol. The summed E-state index contributed by atoms with van der Waals surface area (Å²) in [6.45, 7) is 0. The maximum atomic E-state index is 12.8. The van der Waals surface area contributed by atoms with Crippen LogP contribution in [0.25, 0.3) is 11.0 Å². The molecule has 0 aliphatic carbocycles. The van der Waals surface area contributed by atoms with Crippen LogP contribution >= 0.6 is 0 Å². The highest BCUT2D eigenvalue weighted by Gasteiger charge is 2.32. The van der Waals surface area contributed by atoms with E-state index in [-0.39, 0.29) is 18.0 Å². The number of anilines is 2. The molecule has 0 unspecified atom stereocenters. The average molecular weight is 351 g/mol. The Labute approximate surface area is 146 Å². The molecule has 26 heavy (non-hydrogen) atoms. The van der Waals surface area contributed by atoms with Crippen LogP contribution in [0.5, 0.6) is 0 Å². The number of carbonyl (C=O) groups excluding carboxylic acids is 2. The molecule has 9 nitrogen and oxygen atoms in total. The number of benzene rings is 2. The molecule has 0 radical (unpaired) electrons. The number of fused-ring (bicyclic) bond motifs is 3. The standard InChI is InChI=1S/C17H13N5O4/c23-15-9-14(16(24)18-10-4-3-5-11(8-10)22(25)26)21-13-7-2-1-6-12(13)19-17(21)20-15/h1-8,14H,9H2,(H,18,24)(H,19,20,23)/t14-/m1/s1. The second kappa shape index (κ2) is 5.96. The molecule has 2 amide bonds. The Morgan fingerprint density at radius 3 is 2.88 bits per heavy atom. The van der Waals surface area contributed by atoms with Crippen molar-refractivity contribution in [1.29, 1.82) is 0 Å². The summed E-state index contributed by atoms with van der Waals surface area (Å²) >= 11 is 0. The summed E-state index contributed by atoms with van der Waals surface area (Å²) in [5.74, 6) is -0.446. The molecule has 2 N–H and O–H groups in total. The summed E-state index contributed by atoms with van der Waals surface area (Å²) in [5.41, 5.74) is 1.55. The lowest BCUT2D eigenvalue weighted by Gasteiger charge is -2.24. The van der Waals surface area contributed by atoms with Gasteiger partial charge in [0, 0.05) is 17.8 Å². The zero-order valence-electron chi connectivity index (χ0n) is 13.4. The van der Waals surface area contributed by atoms with Gasteiger partial charge in [-0.1, -0.05) is 18.2 Å². The number of nitrogens with zero attached hydrogens (tertiary/aromatic N) is 3. The molecule has 0 spiro atoms. The molecule has 4 rings (SSSR count). The van der Waals surface area contributed by atoms with Gasteiger partial charge in [0.05, 0.1) is 22.4 Å². The molecule has 0 bridgehead atoms. The van der Waals surface area contributed by atoms with Gasteiger partial charge in [0.2, 0.25) is 17.8 Å². The average Bonchev–Trinajstić information content (AvgIpc) is 2.99. The fourth-order valence-corrected chi connectivity index (χ4v) is 3.02. The van der Waals surface area contributed by atoms with Crippen LogP contribution in [-0.4, -0.2) is 26.3 Å². The second-order valence-electron chi connectivity index (χ2n) is 5.86. The smallest absolute Gasteiger partial charge is 0.271 e. The third kappa shape index (κ3) is 2.65. The first-order valence-corrected chi connectivity index (χ1v) is 7.85. The van der Waals surface area contributed by atoms with Gasteiger partial charge in [-0.3, -0.25) is 29.6 Å². The Morgan fingerprint density at radius 1 is 1.27 bits per heavy atom. The van der Waals surface area contributed by atoms with E-state index in [2.05, 4.69) is 15.6 Å². The normalized spacial score (nSPS) is 16.0. The fourth-order valence-electron chi connectivity index (χ4n) is 3.02. The number of hydrogen-bond acceptors (Lipinski definition) is 5. The third-order valence-electron chi connectivity index (χ3n) is 4.16. The lowest BCUT2D eigenvalue weighted by atomic mass is 10.1. The Balaban J connectivity index is 1.70. The minimum atomic E-state index is -0.801. The highest BCUT2D eigenvalue weighted by molar-refractivity contribution is 6.03. The van der Waals surface area contributed by atoms with Crippen LogP contribution in [0.1, 0.15) is 12.5 Å². The first-order valence-electron chi connectivity index (χ1n) is 7.85. The van der Waals surface area contributed by atoms with Gasteiger partial charge in [0.25, 0.3) is 5.69 Å². The number of hydrogen-bond donors (Lipinski definition) is 2. The van der Waals surface area contributed by atoms with Gasteiger partial charge in [0.1, 0.15) is 6.04 Å². The van der Waals surface area contributed by atoms with Crippen molar-refractivity contribution in [2.45, 2.75) is 12.5 Å². The largest absolute Gasteiger partial charge is 0.324 e. The van der Waals surface area contributed by atoms with E-state index < -0.39 is 16.9 Å². The highest BCUT2D eigenvalue weighted by atomic mass is 16.6. The van der Waals surface area contributed by atoms with Crippen molar-refractivity contribution in [3.05, 3.63) is 58.6 Å². The van der Waals surface area contributed by atoms with E-state index in [1.807, 2.05) is 18.2 Å². The number of para-hydroxylation sites is 2. The summed E-state index contributed by atoms with van der Waals surface area (Å²) in [6.07, 6.45) is -0.0475. The molecule has 0 saturated heterocycles. The minimum Gasteiger partial charge on any atom is -0.324 e. The highest BCUT2D eigenvalue weighted by Crippen LogP contribution is 2.31. The molecule has 0 fully saturated rings. The number of non-ortho nitro benzene ring substituents is 1. The summed E-state index contributed by atoms with van der Waals surface area (Å²) in [4.78, 5) is 39.5. The van der Waals surface area contributed by atoms with Crippen molar-refractivity contribution in [2.24, 2.45) is 0 Å². The fraction of sp³-hybridized carbons (Fsp3) is 0.118. The summed E-state index contributed by atoms with van der Waals surface area (Å²) in [6, 6.07) is 12.1. The number of nitro benzene ring substituents is 1. The van der Waals surface area contributed by atoms with Gasteiger partial charge >= 0.3 is 0 Å². The van der Waals surface area contributed by atoms with E-state index in [1.54, 1.807) is 16.7 Å². The number of rotatable bonds is 3. The molecule has 1 atom stereocenters. The minimum absolute atomic E-state index is 0.0475. The first-order chi connectivity index (χ1) is 12.5. The molecular formula is C17H13N5O4. The monoisotopic (exact) mass is 351 g/mol. The van der Waals surface area contributed by atoms with Gasteiger partial charge in [-0.15, -0.1) is 0 Å². The van der Waals surface area contributed by atoms with Crippen LogP contribution < -0.4 is 10.6 Å². The van der Waals surface area contributed by atoms with E-state index in [0.717, 1.165) is 5.52 Å². The van der Waals surface area contributed by atoms with Gasteiger partial charge < -0.3 is 5.32 Å². The van der Waals surface area contributed by atoms with Crippen molar-refractivity contribution >= 4 is 40.2 Å². The first kappa shape index (κ1) is 15.8. The molecule has 0 saturated carbocycles. The molecule has 130 valence electrons. The molecule has 1 aliphatic heterocycles. The predicted octanol–water partition coefficient (Wildman–Crippen LogP) is 2.47. The van der Waals surface area contributed by atoms with Crippen molar-refractivity contribution in [3.63, 3.8) is 0 Å². The number of aromatic nitrogens is 2. The summed E-state index contributed by atoms with van der Waals surface area (Å²) < 4.78 is 1.67. The molecule has 1 aliphatic rings. The van der Waals surface area contributed by atoms with Crippen LogP contribution in [0.3, 0.4) is 0 Å². The molecule has 3 aromatic rings. The zero-order chi connectivity index (χ0) is 18.3. The Morgan fingerprint density at radius 2 is 2.08 bits per heavy atom. The Kier molecular flexibility index (Phi) is 3.61. The molecule has 1 aromatic heterocycles. The van der Waals surface area contributed by atoms with Crippen molar-refractivity contribution in [2.75, 3.05) is 10.6 Å². The second-order valence-corrected chi connectivity index (χ2v) is 5.86. The van der Waals surface area contributed by atoms with Crippen molar-refractivity contribution in [3.8, 4) is 0 Å². The summed E-state index contributed by atoms with van der Waals surface area (Å²) in [7, 11) is 0. The number of nitrogens with one attached hydrogen (secondary N) is 2. The SMILES string of the molecule is O=C1C[C@H](C(=O)Nc2cccc([N+](=O)[O-])c2)n2c(nc3ccccc32)N1. The van der Waals surface area contributed by atoms with Gasteiger partial charge in [-0.2, -0.15) is 0 Å². The number of nitro groups is 1. The van der Waals surface area contributed by atoms with Crippen LogP contribution in [0, 0.1) is 10.1 Å². The number of imidazole rings is 1. The van der Waals surface area contributed by atoms with E-state index in [1.165, 1.54) is 18.2 Å². The van der Waals surface area contributed by atoms with Crippen LogP contribution in [0.15, 0.2) is 48.5 Å². The van der Waals surface area contributed by atoms with Crippen LogP contribution in [-0.2, 0) is 9.59 Å². The zero-order valence-corrected chi connectivity index (χ0v) is 13.4. The van der Waals surface area contributed by atoms with Crippen molar-refractivity contribution in [1.82, 2.24) is 9.55 Å². The number of amides is 2. The van der Waals surface area contributed by atoms with Crippen LogP contribution in [0.2, 0.25) is 0 Å². The van der Waals surface area contributed by atoms with Gasteiger partial charge in [0.15, 0.2) is 0 Å². The molecule has 9 heteroatoms.